The average Bonchev–Trinajstić information content (AvgIpc) is 3.12. The molecule has 0 radical (unpaired) electrons. The van der Waals surface area contributed by atoms with Crippen molar-refractivity contribution in [3.63, 3.8) is 0 Å². The molecule has 7 nitrogen and oxygen atoms in total. The smallest absolute Gasteiger partial charge is 0.265 e. The second-order valence-corrected chi connectivity index (χ2v) is 6.87. The Hall–Kier alpha value is -2.61. The van der Waals surface area contributed by atoms with Crippen molar-refractivity contribution in [2.75, 3.05) is 4.72 Å². The third kappa shape index (κ3) is 3.26. The molecule has 8 heteroatoms. The molecular formula is C15H17N5O2S. The third-order valence-corrected chi connectivity index (χ3v) is 5.07. The van der Waals surface area contributed by atoms with Gasteiger partial charge in [-0.3, -0.25) is 14.1 Å². The SMILES string of the molecule is Cc1c(S(=O)(=O)Nc2ccc(Cn3cccn3)cc2)cnn1C. The number of hydrogen-bond donors (Lipinski definition) is 1. The highest BCUT2D eigenvalue weighted by Crippen LogP contribution is 2.19. The maximum atomic E-state index is 12.4. The lowest BCUT2D eigenvalue weighted by atomic mass is 10.2. The molecule has 120 valence electrons. The molecule has 0 aliphatic heterocycles. The zero-order chi connectivity index (χ0) is 16.4. The third-order valence-electron chi connectivity index (χ3n) is 3.59. The predicted octanol–water partition coefficient (Wildman–Crippen LogP) is 1.77. The van der Waals surface area contributed by atoms with Crippen LogP contribution in [0.4, 0.5) is 5.69 Å². The molecule has 0 bridgehead atoms. The molecule has 0 unspecified atom stereocenters. The van der Waals surface area contributed by atoms with Crippen LogP contribution in [0.2, 0.25) is 0 Å². The molecule has 1 N–H and O–H groups in total. The molecule has 0 aliphatic rings. The lowest BCUT2D eigenvalue weighted by molar-refractivity contribution is 0.600. The molecule has 2 aromatic heterocycles. The number of aryl methyl sites for hydroxylation is 1. The summed E-state index contributed by atoms with van der Waals surface area (Å²) in [4.78, 5) is 0.181. The maximum absolute atomic E-state index is 12.4. The summed E-state index contributed by atoms with van der Waals surface area (Å²) in [6, 6.07) is 9.08. The first-order valence-corrected chi connectivity index (χ1v) is 8.52. The fourth-order valence-electron chi connectivity index (χ4n) is 2.21. The van der Waals surface area contributed by atoms with Crippen molar-refractivity contribution in [3.8, 4) is 0 Å². The number of aromatic nitrogens is 4. The summed E-state index contributed by atoms with van der Waals surface area (Å²) in [5.41, 5.74) is 2.14. The van der Waals surface area contributed by atoms with Crippen LogP contribution in [0.5, 0.6) is 0 Å². The number of benzene rings is 1. The van der Waals surface area contributed by atoms with E-state index in [0.717, 1.165) is 5.56 Å². The van der Waals surface area contributed by atoms with Crippen LogP contribution >= 0.6 is 0 Å². The standard InChI is InChI=1S/C15H17N5O2S/c1-12-15(10-17-19(12)2)23(21,22)18-14-6-4-13(5-7-14)11-20-9-3-8-16-20/h3-10,18H,11H2,1-2H3. The van der Waals surface area contributed by atoms with Gasteiger partial charge in [0.1, 0.15) is 4.90 Å². The van der Waals surface area contributed by atoms with Crippen molar-refractivity contribution in [3.05, 3.63) is 60.2 Å². The first-order chi connectivity index (χ1) is 11.0. The Morgan fingerprint density at radius 3 is 2.48 bits per heavy atom. The minimum absolute atomic E-state index is 0.181. The molecule has 0 aliphatic carbocycles. The average molecular weight is 331 g/mol. The number of nitrogens with one attached hydrogen (secondary N) is 1. The van der Waals surface area contributed by atoms with E-state index in [-0.39, 0.29) is 4.90 Å². The second kappa shape index (κ2) is 5.88. The lowest BCUT2D eigenvalue weighted by Gasteiger charge is -2.09. The van der Waals surface area contributed by atoms with E-state index in [1.54, 1.807) is 37.0 Å². The van der Waals surface area contributed by atoms with E-state index in [1.165, 1.54) is 10.9 Å². The Labute approximate surface area is 134 Å². The normalized spacial score (nSPS) is 11.6. The largest absolute Gasteiger partial charge is 0.280 e. The monoisotopic (exact) mass is 331 g/mol. The van der Waals surface area contributed by atoms with Crippen molar-refractivity contribution in [1.82, 2.24) is 19.6 Å². The summed E-state index contributed by atoms with van der Waals surface area (Å²) in [6.45, 7) is 2.36. The zero-order valence-electron chi connectivity index (χ0n) is 12.8. The highest BCUT2D eigenvalue weighted by Gasteiger charge is 2.19. The first kappa shape index (κ1) is 15.3. The molecule has 23 heavy (non-hydrogen) atoms. The molecule has 0 saturated heterocycles. The molecule has 2 heterocycles. The van der Waals surface area contributed by atoms with Crippen LogP contribution in [0.3, 0.4) is 0 Å². The summed E-state index contributed by atoms with van der Waals surface area (Å²) in [5.74, 6) is 0. The van der Waals surface area contributed by atoms with Gasteiger partial charge in [-0.15, -0.1) is 0 Å². The van der Waals surface area contributed by atoms with Crippen molar-refractivity contribution in [2.45, 2.75) is 18.4 Å². The van der Waals surface area contributed by atoms with Gasteiger partial charge >= 0.3 is 0 Å². The van der Waals surface area contributed by atoms with Gasteiger partial charge < -0.3 is 0 Å². The molecular weight excluding hydrogens is 314 g/mol. The number of hydrogen-bond acceptors (Lipinski definition) is 4. The Morgan fingerprint density at radius 2 is 1.91 bits per heavy atom. The molecule has 0 fully saturated rings. The number of anilines is 1. The molecule has 0 saturated carbocycles. The minimum atomic E-state index is -3.64. The van der Waals surface area contributed by atoms with E-state index >= 15 is 0 Å². The van der Waals surface area contributed by atoms with E-state index in [9.17, 15) is 8.42 Å². The summed E-state index contributed by atoms with van der Waals surface area (Å²) in [6.07, 6.45) is 4.95. The van der Waals surface area contributed by atoms with Gasteiger partial charge in [0.25, 0.3) is 10.0 Å². The molecule has 3 rings (SSSR count). The Bertz CT molecular complexity index is 896. The Kier molecular flexibility index (Phi) is 3.91. The summed E-state index contributed by atoms with van der Waals surface area (Å²) >= 11 is 0. The van der Waals surface area contributed by atoms with Gasteiger partial charge in [0.2, 0.25) is 0 Å². The van der Waals surface area contributed by atoms with Crippen molar-refractivity contribution in [2.24, 2.45) is 7.05 Å². The Morgan fingerprint density at radius 1 is 1.17 bits per heavy atom. The molecule has 0 amide bonds. The number of sulfonamides is 1. The predicted molar refractivity (Wildman–Crippen MR) is 86.5 cm³/mol. The van der Waals surface area contributed by atoms with E-state index < -0.39 is 10.0 Å². The van der Waals surface area contributed by atoms with Crippen molar-refractivity contribution >= 4 is 15.7 Å². The Balaban J connectivity index is 1.76. The summed E-state index contributed by atoms with van der Waals surface area (Å²) in [5, 5.41) is 8.11. The van der Waals surface area contributed by atoms with Gasteiger partial charge in [0.15, 0.2) is 0 Å². The fourth-order valence-corrected chi connectivity index (χ4v) is 3.48. The molecule has 3 aromatic rings. The van der Waals surface area contributed by atoms with E-state index in [2.05, 4.69) is 14.9 Å². The van der Waals surface area contributed by atoms with Gasteiger partial charge in [0, 0.05) is 25.1 Å². The summed E-state index contributed by atoms with van der Waals surface area (Å²) < 4.78 is 30.7. The lowest BCUT2D eigenvalue weighted by Crippen LogP contribution is -2.14. The van der Waals surface area contributed by atoms with Crippen LogP contribution in [0.25, 0.3) is 0 Å². The topological polar surface area (TPSA) is 81.8 Å². The molecule has 0 atom stereocenters. The van der Waals surface area contributed by atoms with Crippen LogP contribution in [-0.4, -0.2) is 28.0 Å². The van der Waals surface area contributed by atoms with Gasteiger partial charge in [-0.2, -0.15) is 10.2 Å². The van der Waals surface area contributed by atoms with Gasteiger partial charge in [0.05, 0.1) is 18.4 Å². The van der Waals surface area contributed by atoms with Gasteiger partial charge in [-0.1, -0.05) is 12.1 Å². The number of rotatable bonds is 5. The van der Waals surface area contributed by atoms with Gasteiger partial charge in [-0.25, -0.2) is 8.42 Å². The maximum Gasteiger partial charge on any atom is 0.265 e. The van der Waals surface area contributed by atoms with Crippen LogP contribution < -0.4 is 4.72 Å². The van der Waals surface area contributed by atoms with E-state index in [0.29, 0.717) is 17.9 Å². The van der Waals surface area contributed by atoms with E-state index in [4.69, 9.17) is 0 Å². The minimum Gasteiger partial charge on any atom is -0.280 e. The quantitative estimate of drug-likeness (QED) is 0.772. The molecule has 1 aromatic carbocycles. The van der Waals surface area contributed by atoms with Crippen LogP contribution in [0.1, 0.15) is 11.3 Å². The van der Waals surface area contributed by atoms with Crippen LogP contribution in [-0.2, 0) is 23.6 Å². The molecule has 0 spiro atoms. The zero-order valence-corrected chi connectivity index (χ0v) is 13.7. The summed E-state index contributed by atoms with van der Waals surface area (Å²) in [7, 11) is -1.93. The van der Waals surface area contributed by atoms with Crippen molar-refractivity contribution in [1.29, 1.82) is 0 Å². The first-order valence-electron chi connectivity index (χ1n) is 7.03. The number of nitrogens with zero attached hydrogens (tertiary/aromatic N) is 4. The highest BCUT2D eigenvalue weighted by molar-refractivity contribution is 7.92. The van der Waals surface area contributed by atoms with E-state index in [1.807, 2.05) is 24.4 Å². The van der Waals surface area contributed by atoms with Crippen LogP contribution in [0.15, 0.2) is 53.8 Å². The fraction of sp³-hybridized carbons (Fsp3) is 0.200. The van der Waals surface area contributed by atoms with Crippen LogP contribution in [0, 0.1) is 6.92 Å². The van der Waals surface area contributed by atoms with Gasteiger partial charge in [-0.05, 0) is 30.7 Å². The second-order valence-electron chi connectivity index (χ2n) is 5.22. The van der Waals surface area contributed by atoms with Crippen molar-refractivity contribution < 1.29 is 8.42 Å². The highest BCUT2D eigenvalue weighted by atomic mass is 32.2.